The highest BCUT2D eigenvalue weighted by atomic mass is 16.5. The molecule has 1 aliphatic heterocycles. The fourth-order valence-electron chi connectivity index (χ4n) is 4.65. The van der Waals surface area contributed by atoms with Crippen molar-refractivity contribution in [2.75, 3.05) is 6.61 Å². The van der Waals surface area contributed by atoms with Crippen LogP contribution in [0, 0.1) is 5.92 Å². The van der Waals surface area contributed by atoms with Crippen molar-refractivity contribution >= 4 is 27.8 Å². The van der Waals surface area contributed by atoms with Crippen LogP contribution in [-0.4, -0.2) is 32.7 Å². The van der Waals surface area contributed by atoms with Crippen LogP contribution in [0.25, 0.3) is 21.8 Å². The molecule has 0 saturated carbocycles. The first-order valence-corrected chi connectivity index (χ1v) is 11.7. The molecular formula is C26H27N5O4. The number of rotatable bonds is 6. The molecule has 2 N–H and O–H groups in total. The molecule has 5 rings (SSSR count). The van der Waals surface area contributed by atoms with Gasteiger partial charge in [0.1, 0.15) is 12.1 Å². The summed E-state index contributed by atoms with van der Waals surface area (Å²) in [5, 5.41) is 0.706. The summed E-state index contributed by atoms with van der Waals surface area (Å²) in [5.41, 5.74) is 7.70. The Kier molecular flexibility index (Phi) is 6.19. The van der Waals surface area contributed by atoms with Gasteiger partial charge in [-0.2, -0.15) is 0 Å². The summed E-state index contributed by atoms with van der Waals surface area (Å²) in [6.45, 7) is 4.38. The van der Waals surface area contributed by atoms with Crippen LogP contribution < -0.4 is 22.0 Å². The van der Waals surface area contributed by atoms with Gasteiger partial charge in [0, 0.05) is 25.0 Å². The van der Waals surface area contributed by atoms with Gasteiger partial charge < -0.3 is 9.30 Å². The SMILES string of the molecule is CCOC(=O)C1C(C)NNC1n1ccc2nc3ccn(CCc4ccccc4)c(=O)c3cc2c1=O. The van der Waals surface area contributed by atoms with Crippen LogP contribution in [0.5, 0.6) is 0 Å². The number of fused-ring (bicyclic) bond motifs is 2. The van der Waals surface area contributed by atoms with E-state index in [9.17, 15) is 14.4 Å². The lowest BCUT2D eigenvalue weighted by Gasteiger charge is -2.21. The van der Waals surface area contributed by atoms with Gasteiger partial charge >= 0.3 is 5.97 Å². The molecule has 1 aliphatic rings. The molecule has 0 bridgehead atoms. The Bertz CT molecular complexity index is 1510. The number of nitrogens with one attached hydrogen (secondary N) is 2. The second-order valence-electron chi connectivity index (χ2n) is 8.73. The Hall–Kier alpha value is -3.82. The molecule has 180 valence electrons. The van der Waals surface area contributed by atoms with Crippen LogP contribution in [0.2, 0.25) is 0 Å². The molecule has 9 heteroatoms. The van der Waals surface area contributed by atoms with Crippen molar-refractivity contribution < 1.29 is 9.53 Å². The number of benzene rings is 1. The summed E-state index contributed by atoms with van der Waals surface area (Å²) >= 11 is 0. The number of pyridine rings is 3. The van der Waals surface area contributed by atoms with E-state index in [1.54, 1.807) is 42.1 Å². The molecule has 9 nitrogen and oxygen atoms in total. The summed E-state index contributed by atoms with van der Waals surface area (Å²) in [4.78, 5) is 43.9. The van der Waals surface area contributed by atoms with Crippen molar-refractivity contribution in [3.63, 3.8) is 0 Å². The van der Waals surface area contributed by atoms with Crippen LogP contribution in [0.4, 0.5) is 0 Å². The van der Waals surface area contributed by atoms with Crippen LogP contribution in [0.1, 0.15) is 25.6 Å². The monoisotopic (exact) mass is 473 g/mol. The second-order valence-corrected chi connectivity index (χ2v) is 8.73. The number of aryl methyl sites for hydroxylation is 2. The molecule has 0 radical (unpaired) electrons. The zero-order chi connectivity index (χ0) is 24.5. The fraction of sp³-hybridized carbons (Fsp3) is 0.308. The molecule has 1 fully saturated rings. The average Bonchev–Trinajstić information content (AvgIpc) is 3.25. The number of aromatic nitrogens is 3. The predicted molar refractivity (Wildman–Crippen MR) is 133 cm³/mol. The third kappa shape index (κ3) is 4.24. The van der Waals surface area contributed by atoms with Crippen molar-refractivity contribution in [2.45, 2.75) is 39.0 Å². The van der Waals surface area contributed by atoms with Gasteiger partial charge in [0.25, 0.3) is 11.1 Å². The van der Waals surface area contributed by atoms with Crippen molar-refractivity contribution in [3.8, 4) is 0 Å². The van der Waals surface area contributed by atoms with Gasteiger partial charge in [0.05, 0.1) is 28.4 Å². The number of esters is 1. The minimum atomic E-state index is -0.630. The Labute approximate surface area is 201 Å². The number of nitrogens with zero attached hydrogens (tertiary/aromatic N) is 3. The third-order valence-corrected chi connectivity index (χ3v) is 6.52. The van der Waals surface area contributed by atoms with Crippen molar-refractivity contribution in [1.29, 1.82) is 0 Å². The maximum Gasteiger partial charge on any atom is 0.314 e. The Morgan fingerprint density at radius 2 is 1.71 bits per heavy atom. The molecule has 3 unspecified atom stereocenters. The van der Waals surface area contributed by atoms with Gasteiger partial charge in [-0.25, -0.2) is 10.4 Å². The number of ether oxygens (including phenoxy) is 1. The molecule has 0 spiro atoms. The molecule has 0 aliphatic carbocycles. The molecular weight excluding hydrogens is 446 g/mol. The van der Waals surface area contributed by atoms with E-state index in [4.69, 9.17) is 4.74 Å². The minimum absolute atomic E-state index is 0.193. The van der Waals surface area contributed by atoms with Crippen molar-refractivity contribution in [2.24, 2.45) is 5.92 Å². The summed E-state index contributed by atoms with van der Waals surface area (Å²) in [5.74, 6) is -0.971. The minimum Gasteiger partial charge on any atom is -0.466 e. The summed E-state index contributed by atoms with van der Waals surface area (Å²) in [6, 6.07) is 14.9. The first kappa shape index (κ1) is 22.9. The van der Waals surface area contributed by atoms with E-state index < -0.39 is 12.1 Å². The molecule has 4 heterocycles. The normalized spacial score (nSPS) is 19.9. The highest BCUT2D eigenvalue weighted by Gasteiger charge is 2.41. The molecule has 4 aromatic rings. The Morgan fingerprint density at radius 1 is 1.00 bits per heavy atom. The topological polar surface area (TPSA) is 107 Å². The lowest BCUT2D eigenvalue weighted by molar-refractivity contribution is -0.149. The number of carbonyl (C=O) groups excluding carboxylic acids is 1. The van der Waals surface area contributed by atoms with E-state index in [0.717, 1.165) is 5.56 Å². The fourth-order valence-corrected chi connectivity index (χ4v) is 4.65. The molecule has 1 aromatic carbocycles. The van der Waals surface area contributed by atoms with Gasteiger partial charge in [-0.3, -0.25) is 24.4 Å². The second kappa shape index (κ2) is 9.44. The zero-order valence-corrected chi connectivity index (χ0v) is 19.6. The summed E-state index contributed by atoms with van der Waals surface area (Å²) in [6.07, 6.45) is 3.45. The third-order valence-electron chi connectivity index (χ3n) is 6.52. The Balaban J connectivity index is 1.54. The number of carbonyl (C=O) groups is 1. The van der Waals surface area contributed by atoms with Gasteiger partial charge in [-0.05, 0) is 44.0 Å². The van der Waals surface area contributed by atoms with E-state index in [2.05, 4.69) is 15.8 Å². The maximum absolute atomic E-state index is 13.5. The number of hydrogen-bond acceptors (Lipinski definition) is 7. The molecule has 0 amide bonds. The lowest BCUT2D eigenvalue weighted by Crippen LogP contribution is -2.38. The van der Waals surface area contributed by atoms with E-state index in [0.29, 0.717) is 34.8 Å². The number of hydrazine groups is 1. The Morgan fingerprint density at radius 3 is 2.46 bits per heavy atom. The van der Waals surface area contributed by atoms with Crippen LogP contribution in [0.15, 0.2) is 70.5 Å². The van der Waals surface area contributed by atoms with E-state index in [1.807, 2.05) is 37.3 Å². The van der Waals surface area contributed by atoms with E-state index in [1.165, 1.54) is 4.57 Å². The highest BCUT2D eigenvalue weighted by molar-refractivity contribution is 5.91. The first-order valence-electron chi connectivity index (χ1n) is 11.7. The van der Waals surface area contributed by atoms with Crippen molar-refractivity contribution in [1.82, 2.24) is 25.0 Å². The van der Waals surface area contributed by atoms with E-state index in [-0.39, 0.29) is 29.7 Å². The maximum atomic E-state index is 13.5. The predicted octanol–water partition coefficient (Wildman–Crippen LogP) is 2.13. The van der Waals surface area contributed by atoms with Gasteiger partial charge in [-0.15, -0.1) is 0 Å². The molecule has 35 heavy (non-hydrogen) atoms. The van der Waals surface area contributed by atoms with Crippen LogP contribution in [0.3, 0.4) is 0 Å². The number of hydrogen-bond donors (Lipinski definition) is 2. The molecule has 3 aromatic heterocycles. The lowest BCUT2D eigenvalue weighted by atomic mass is 10.00. The van der Waals surface area contributed by atoms with Gasteiger partial charge in [-0.1, -0.05) is 30.3 Å². The summed E-state index contributed by atoms with van der Waals surface area (Å²) < 4.78 is 8.33. The largest absolute Gasteiger partial charge is 0.466 e. The average molecular weight is 474 g/mol. The van der Waals surface area contributed by atoms with Gasteiger partial charge in [0.15, 0.2) is 0 Å². The zero-order valence-electron chi connectivity index (χ0n) is 19.6. The van der Waals surface area contributed by atoms with Crippen LogP contribution in [-0.2, 0) is 22.5 Å². The highest BCUT2D eigenvalue weighted by Crippen LogP contribution is 2.25. The standard InChI is InChI=1S/C26H27N5O4/c1-3-35-26(34)22-16(2)28-29-23(22)31-14-11-21-19(25(31)33)15-18-20(27-21)10-13-30(24(18)32)12-9-17-7-5-4-6-8-17/h4-8,10-11,13-16,22-23,28-29H,3,9,12H2,1-2H3. The quantitative estimate of drug-likeness (QED) is 0.326. The van der Waals surface area contributed by atoms with Crippen molar-refractivity contribution in [3.05, 3.63) is 87.2 Å². The van der Waals surface area contributed by atoms with E-state index >= 15 is 0 Å². The molecule has 1 saturated heterocycles. The smallest absolute Gasteiger partial charge is 0.314 e. The first-order chi connectivity index (χ1) is 17.0. The molecule has 3 atom stereocenters. The van der Waals surface area contributed by atoms with Gasteiger partial charge in [0.2, 0.25) is 0 Å². The van der Waals surface area contributed by atoms with Crippen LogP contribution >= 0.6 is 0 Å². The summed E-state index contributed by atoms with van der Waals surface area (Å²) in [7, 11) is 0.